The fourth-order valence-electron chi connectivity index (χ4n) is 4.84. The largest absolute Gasteiger partial charge is 0.477 e. The summed E-state index contributed by atoms with van der Waals surface area (Å²) in [5, 5.41) is 22.4. The van der Waals surface area contributed by atoms with Crippen molar-refractivity contribution in [2.75, 3.05) is 24.7 Å². The number of carboxylic acids is 2. The standard InChI is InChI=1S/C25H26N4O13S2/c1-9(30)41-5-11-7-43-22-16(20(35)28(22)18(11)24(37)38)26-14(33)3-13(32)4-15(34)27-17-21(36)29-19(25(39)40)12(6-42-10(2)31)8-44-23(17)29/h16-17,22-23H,3-8H2,1-2H3,(H,26,33)(H,27,34)(H,37,38)(H,39,40)/t16-,17-,22-,23-/m1/s1. The van der Waals surface area contributed by atoms with Crippen molar-refractivity contribution in [1.29, 1.82) is 0 Å². The number of carbonyl (C=O) groups excluding carboxylic acids is 7. The van der Waals surface area contributed by atoms with Crippen LogP contribution in [0.2, 0.25) is 0 Å². The van der Waals surface area contributed by atoms with E-state index in [4.69, 9.17) is 9.47 Å². The minimum absolute atomic E-state index is 0.114. The second-order valence-electron chi connectivity index (χ2n) is 9.88. The van der Waals surface area contributed by atoms with E-state index >= 15 is 0 Å². The van der Waals surface area contributed by atoms with Crippen LogP contribution < -0.4 is 10.6 Å². The molecular weight excluding hydrogens is 628 g/mol. The van der Waals surface area contributed by atoms with Gasteiger partial charge in [-0.1, -0.05) is 0 Å². The monoisotopic (exact) mass is 654 g/mol. The Labute approximate surface area is 256 Å². The highest BCUT2D eigenvalue weighted by atomic mass is 32.2. The van der Waals surface area contributed by atoms with Crippen LogP contribution in [0.25, 0.3) is 0 Å². The second kappa shape index (κ2) is 13.1. The van der Waals surface area contributed by atoms with Crippen LogP contribution >= 0.6 is 23.5 Å². The number of esters is 2. The van der Waals surface area contributed by atoms with Crippen molar-refractivity contribution in [2.45, 2.75) is 49.5 Å². The van der Waals surface area contributed by atoms with Crippen molar-refractivity contribution >= 4 is 76.8 Å². The van der Waals surface area contributed by atoms with Gasteiger partial charge in [-0.15, -0.1) is 23.5 Å². The number of nitrogens with one attached hydrogen (secondary N) is 2. The van der Waals surface area contributed by atoms with Gasteiger partial charge >= 0.3 is 23.9 Å². The number of hydrogen-bond donors (Lipinski definition) is 4. The normalized spacial score (nSPS) is 23.9. The summed E-state index contributed by atoms with van der Waals surface area (Å²) in [6, 6.07) is -2.24. The van der Waals surface area contributed by atoms with Gasteiger partial charge in [0.25, 0.3) is 11.8 Å². The number of ketones is 1. The molecule has 4 amide bonds. The molecule has 2 fully saturated rings. The number of β-lactam (4-membered cyclic amide) rings is 2. The highest BCUT2D eigenvalue weighted by Crippen LogP contribution is 2.41. The molecule has 4 rings (SSSR count). The minimum Gasteiger partial charge on any atom is -0.477 e. The molecule has 4 aliphatic rings. The maximum Gasteiger partial charge on any atom is 0.352 e. The van der Waals surface area contributed by atoms with E-state index in [0.29, 0.717) is 0 Å². The molecule has 44 heavy (non-hydrogen) atoms. The summed E-state index contributed by atoms with van der Waals surface area (Å²) in [4.78, 5) is 111. The molecule has 0 aromatic carbocycles. The predicted molar refractivity (Wildman–Crippen MR) is 147 cm³/mol. The first kappa shape index (κ1) is 32.5. The lowest BCUT2D eigenvalue weighted by Gasteiger charge is -2.49. The van der Waals surface area contributed by atoms with E-state index in [2.05, 4.69) is 10.6 Å². The summed E-state index contributed by atoms with van der Waals surface area (Å²) >= 11 is 2.27. The Kier molecular flexibility index (Phi) is 9.67. The fraction of sp³-hybridized carbons (Fsp3) is 0.480. The third-order valence-corrected chi connectivity index (χ3v) is 9.43. The zero-order chi connectivity index (χ0) is 32.5. The minimum atomic E-state index is -1.41. The van der Waals surface area contributed by atoms with Crippen LogP contribution in [0.15, 0.2) is 22.5 Å². The molecule has 2 saturated heterocycles. The van der Waals surface area contributed by atoms with Gasteiger partial charge in [-0.2, -0.15) is 0 Å². The zero-order valence-electron chi connectivity index (χ0n) is 23.1. The van der Waals surface area contributed by atoms with Crippen LogP contribution in [0.3, 0.4) is 0 Å². The highest BCUT2D eigenvalue weighted by molar-refractivity contribution is 8.00. The van der Waals surface area contributed by atoms with E-state index in [1.807, 2.05) is 0 Å². The van der Waals surface area contributed by atoms with E-state index in [9.17, 15) is 53.4 Å². The molecule has 0 aliphatic carbocycles. The molecule has 19 heteroatoms. The fourth-order valence-corrected chi connectivity index (χ4v) is 7.49. The number of nitrogens with zero attached hydrogens (tertiary/aromatic N) is 2. The van der Waals surface area contributed by atoms with Gasteiger partial charge in [-0.3, -0.25) is 43.4 Å². The van der Waals surface area contributed by atoms with Crippen LogP contribution in [0.1, 0.15) is 26.7 Å². The van der Waals surface area contributed by atoms with Crippen LogP contribution in [0.4, 0.5) is 0 Å². The van der Waals surface area contributed by atoms with E-state index in [-0.39, 0.29) is 47.3 Å². The Balaban J connectivity index is 1.28. The zero-order valence-corrected chi connectivity index (χ0v) is 24.8. The smallest absolute Gasteiger partial charge is 0.352 e. The molecule has 0 spiro atoms. The van der Waals surface area contributed by atoms with Crippen molar-refractivity contribution in [3.63, 3.8) is 0 Å². The highest BCUT2D eigenvalue weighted by Gasteiger charge is 2.55. The summed E-state index contributed by atoms with van der Waals surface area (Å²) in [5.74, 6) is -7.89. The van der Waals surface area contributed by atoms with Crippen LogP contribution in [0, 0.1) is 0 Å². The number of Topliss-reactive ketones (excluding diaryl/α,β-unsaturated/α-hetero) is 1. The Bertz CT molecular complexity index is 1340. The lowest BCUT2D eigenvalue weighted by molar-refractivity contribution is -0.151. The van der Waals surface area contributed by atoms with E-state index in [1.165, 1.54) is 0 Å². The third-order valence-electron chi connectivity index (χ3n) is 6.75. The number of thioether (sulfide) groups is 2. The Morgan fingerprint density at radius 3 is 1.41 bits per heavy atom. The Morgan fingerprint density at radius 1 is 0.727 bits per heavy atom. The van der Waals surface area contributed by atoms with E-state index < -0.39 is 89.0 Å². The van der Waals surface area contributed by atoms with E-state index in [0.717, 1.165) is 47.2 Å². The van der Waals surface area contributed by atoms with Crippen molar-refractivity contribution < 1.29 is 62.8 Å². The van der Waals surface area contributed by atoms with Gasteiger partial charge < -0.3 is 30.3 Å². The number of aliphatic carboxylic acids is 2. The first-order valence-corrected chi connectivity index (χ1v) is 15.0. The van der Waals surface area contributed by atoms with Crippen LogP contribution in [0.5, 0.6) is 0 Å². The Morgan fingerprint density at radius 2 is 1.09 bits per heavy atom. The second-order valence-corrected chi connectivity index (χ2v) is 12.1. The molecule has 4 heterocycles. The summed E-state index contributed by atoms with van der Waals surface area (Å²) < 4.78 is 9.72. The van der Waals surface area contributed by atoms with Crippen LogP contribution in [-0.2, 0) is 52.6 Å². The van der Waals surface area contributed by atoms with Crippen molar-refractivity contribution in [3.8, 4) is 0 Å². The van der Waals surface area contributed by atoms with Crippen molar-refractivity contribution in [3.05, 3.63) is 22.5 Å². The number of fused-ring (bicyclic) bond motifs is 2. The molecule has 4 N–H and O–H groups in total. The van der Waals surface area contributed by atoms with Gasteiger partial charge in [-0.05, 0) is 0 Å². The molecule has 4 atom stereocenters. The van der Waals surface area contributed by atoms with Crippen LogP contribution in [-0.4, -0.2) is 121 Å². The quantitative estimate of drug-likeness (QED) is 0.100. The molecule has 0 aromatic rings. The first-order valence-electron chi connectivity index (χ1n) is 12.9. The van der Waals surface area contributed by atoms with Gasteiger partial charge in [-0.25, -0.2) is 9.59 Å². The third kappa shape index (κ3) is 6.57. The van der Waals surface area contributed by atoms with Crippen molar-refractivity contribution in [2.24, 2.45) is 0 Å². The number of carbonyl (C=O) groups is 9. The van der Waals surface area contributed by atoms with Gasteiger partial charge in [0.2, 0.25) is 11.8 Å². The molecule has 0 radical (unpaired) electrons. The molecule has 236 valence electrons. The SMILES string of the molecule is CC(=O)OCC1=C(C(=O)O)N2C(=O)[C@@H](NC(=O)CC(=O)CC(=O)N[C@@H]3C(=O)N4C(C(=O)O)=C(COC(C)=O)CS[C@H]34)[C@H]2SC1. The number of rotatable bonds is 12. The van der Waals surface area contributed by atoms with Crippen molar-refractivity contribution in [1.82, 2.24) is 20.4 Å². The summed E-state index contributed by atoms with van der Waals surface area (Å²) in [6.07, 6.45) is -1.55. The molecule has 0 saturated carbocycles. The molecule has 0 bridgehead atoms. The molecule has 4 aliphatic heterocycles. The molecular formula is C25H26N4O13S2. The number of carboxylic acid groups (broad SMARTS) is 2. The van der Waals surface area contributed by atoms with Gasteiger partial charge in [0.05, 0.1) is 12.8 Å². The van der Waals surface area contributed by atoms with Gasteiger partial charge in [0.1, 0.15) is 47.4 Å². The van der Waals surface area contributed by atoms with E-state index in [1.54, 1.807) is 0 Å². The summed E-state index contributed by atoms with van der Waals surface area (Å²) in [6.45, 7) is 1.68. The lowest BCUT2D eigenvalue weighted by Crippen LogP contribution is -2.71. The number of ether oxygens (including phenoxy) is 2. The maximum absolute atomic E-state index is 12.7. The van der Waals surface area contributed by atoms with Gasteiger partial charge in [0, 0.05) is 36.5 Å². The van der Waals surface area contributed by atoms with Gasteiger partial charge in [0.15, 0.2) is 5.78 Å². The Hall–Kier alpha value is -4.39. The predicted octanol–water partition coefficient (Wildman–Crippen LogP) is -2.06. The maximum atomic E-state index is 12.7. The average molecular weight is 655 g/mol. The number of amides is 4. The number of hydrogen-bond acceptors (Lipinski definition) is 13. The lowest BCUT2D eigenvalue weighted by atomic mass is 10.0. The molecule has 0 unspecified atom stereocenters. The topological polar surface area (TPSA) is 243 Å². The molecule has 17 nitrogen and oxygen atoms in total. The average Bonchev–Trinajstić information content (AvgIpc) is 2.94. The molecule has 0 aromatic heterocycles. The summed E-state index contributed by atoms with van der Waals surface area (Å²) in [7, 11) is 0. The summed E-state index contributed by atoms with van der Waals surface area (Å²) in [5.41, 5.74) is -0.258. The first-order chi connectivity index (χ1) is 20.7.